The van der Waals surface area contributed by atoms with E-state index in [2.05, 4.69) is 31.8 Å². The maximum atomic E-state index is 13.3. The molecule has 1 aromatic heterocycles. The van der Waals surface area contributed by atoms with Crippen molar-refractivity contribution in [2.24, 2.45) is 11.8 Å². The number of aromatic amines is 1. The number of carbonyl (C=O) groups excluding carboxylic acids is 7. The average molecular weight is 1130 g/mol. The molecule has 3 rings (SSSR count). The Kier molecular flexibility index (Phi) is 26.3. The van der Waals surface area contributed by atoms with Gasteiger partial charge in [-0.3, -0.25) is 62.5 Å². The number of ether oxygens (including phenoxy) is 1. The molecule has 29 heteroatoms. The lowest BCUT2D eigenvalue weighted by molar-refractivity contribution is -0.146. The molecule has 0 fully saturated rings. The van der Waals surface area contributed by atoms with E-state index in [1.807, 2.05) is 10.2 Å². The zero-order chi connectivity index (χ0) is 58.1. The van der Waals surface area contributed by atoms with Crippen LogP contribution in [0, 0.1) is 24.2 Å². The van der Waals surface area contributed by atoms with Crippen LogP contribution in [0.1, 0.15) is 80.6 Å². The van der Waals surface area contributed by atoms with Gasteiger partial charge < -0.3 is 62.2 Å². The van der Waals surface area contributed by atoms with Crippen molar-refractivity contribution in [2.75, 3.05) is 41.8 Å². The van der Waals surface area contributed by atoms with Crippen molar-refractivity contribution >= 4 is 115 Å². The van der Waals surface area contributed by atoms with Crippen molar-refractivity contribution in [3.63, 3.8) is 0 Å². The molecule has 0 aliphatic carbocycles. The number of nitrogens with zero attached hydrogens (tertiary/aromatic N) is 2. The fourth-order valence-corrected chi connectivity index (χ4v) is 9.03. The highest BCUT2D eigenvalue weighted by Crippen LogP contribution is 2.23. The number of rotatable bonds is 36. The van der Waals surface area contributed by atoms with E-state index in [1.165, 1.54) is 19.1 Å². The number of esters is 1. The lowest BCUT2D eigenvalue weighted by Gasteiger charge is -2.23. The van der Waals surface area contributed by atoms with Crippen LogP contribution in [0.15, 0.2) is 47.3 Å². The minimum Gasteiger partial charge on any atom is -0.481 e. The van der Waals surface area contributed by atoms with Gasteiger partial charge in [-0.05, 0) is 48.4 Å². The van der Waals surface area contributed by atoms with Gasteiger partial charge in [-0.1, -0.05) is 40.5 Å². The van der Waals surface area contributed by atoms with Gasteiger partial charge in [0.25, 0.3) is 11.5 Å². The Morgan fingerprint density at radius 3 is 1.95 bits per heavy atom. The van der Waals surface area contributed by atoms with Gasteiger partial charge in [0.05, 0.1) is 60.6 Å². The molecule has 0 radical (unpaired) electrons. The van der Waals surface area contributed by atoms with Crippen molar-refractivity contribution in [1.82, 2.24) is 31.2 Å². The summed E-state index contributed by atoms with van der Waals surface area (Å²) < 4.78 is 5.16. The third-order valence-electron chi connectivity index (χ3n) is 11.2. The number of nitrogens with one attached hydrogen (secondary N) is 5. The van der Waals surface area contributed by atoms with Crippen LogP contribution in [0.2, 0.25) is 0 Å². The predicted molar refractivity (Wildman–Crippen MR) is 280 cm³/mol. The van der Waals surface area contributed by atoms with Crippen LogP contribution in [0.25, 0.3) is 10.9 Å². The number of nitrogen functional groups attached to an aromatic ring is 1. The van der Waals surface area contributed by atoms with Crippen LogP contribution in [0.3, 0.4) is 0 Å². The first-order valence-electron chi connectivity index (χ1n) is 23.7. The van der Waals surface area contributed by atoms with Gasteiger partial charge in [-0.25, -0.2) is 9.78 Å². The standard InChI is InChI=1S/C49H58N8O19S2/c1-3-14-57(25-26-5-10-32-31(18-26)46(71)56-49(50)55-32)30-8-6-27(7-9-30)44(69)53-33(48(74)75)11-12-43(68)76-15-17-78-77-16-13-39(61)52-34(22-41(64)65)36(58)19-28(21-40(62)63)45(70)54-35(23-42(66)67)37(59)20-29(47(72)73)24-51-38(60)4-2/h1,5-10,18,28-29,33-35H,4,11-17,19-25H2,2H3,(H,51,60)(H,52,61)(H,53,69)(H,54,70)(H,62,63)(H,64,65)(H,66,67)(H,72,73)(H,74,75)(H3,50,55,56,71)/t28-,29-,33-,34-,35-/m0/s1. The molecular weight excluding hydrogens is 1070 g/mol. The lowest BCUT2D eigenvalue weighted by Crippen LogP contribution is -2.48. The van der Waals surface area contributed by atoms with Gasteiger partial charge in [0, 0.05) is 68.0 Å². The number of aliphatic carboxylic acids is 5. The van der Waals surface area contributed by atoms with Crippen LogP contribution in [0.5, 0.6) is 0 Å². The van der Waals surface area contributed by atoms with E-state index in [1.54, 1.807) is 30.3 Å². The van der Waals surface area contributed by atoms with Gasteiger partial charge in [0.1, 0.15) is 12.6 Å². The molecule has 420 valence electrons. The quantitative estimate of drug-likeness (QED) is 0.0164. The first-order valence-corrected chi connectivity index (χ1v) is 26.2. The molecule has 12 N–H and O–H groups in total. The summed E-state index contributed by atoms with van der Waals surface area (Å²) in [5, 5.41) is 56.9. The third-order valence-corrected chi connectivity index (χ3v) is 13.6. The maximum absolute atomic E-state index is 13.3. The van der Waals surface area contributed by atoms with Gasteiger partial charge in [-0.2, -0.15) is 0 Å². The van der Waals surface area contributed by atoms with E-state index in [0.29, 0.717) is 16.6 Å². The van der Waals surface area contributed by atoms with E-state index in [-0.39, 0.29) is 68.4 Å². The number of hydrogen-bond acceptors (Lipinski definition) is 19. The molecule has 3 aromatic rings. The van der Waals surface area contributed by atoms with E-state index >= 15 is 0 Å². The molecule has 1 heterocycles. The van der Waals surface area contributed by atoms with Crippen LogP contribution in [0.4, 0.5) is 11.6 Å². The highest BCUT2D eigenvalue weighted by atomic mass is 33.1. The Bertz CT molecular complexity index is 2820. The molecule has 0 aliphatic rings. The van der Waals surface area contributed by atoms with Crippen LogP contribution in [-0.4, -0.2) is 156 Å². The smallest absolute Gasteiger partial charge is 0.326 e. The van der Waals surface area contributed by atoms with E-state index in [0.717, 1.165) is 27.2 Å². The summed E-state index contributed by atoms with van der Waals surface area (Å²) in [4.78, 5) is 169. The molecule has 0 unspecified atom stereocenters. The number of ketones is 2. The summed E-state index contributed by atoms with van der Waals surface area (Å²) in [7, 11) is 2.29. The maximum Gasteiger partial charge on any atom is 0.326 e. The molecule has 5 atom stereocenters. The number of carboxylic acid groups (broad SMARTS) is 5. The first-order chi connectivity index (χ1) is 36.9. The van der Waals surface area contributed by atoms with Crippen molar-refractivity contribution < 1.29 is 87.8 Å². The lowest BCUT2D eigenvalue weighted by atomic mass is 9.92. The molecular formula is C49H58N8O19S2. The number of amides is 4. The zero-order valence-corrected chi connectivity index (χ0v) is 43.5. The Balaban J connectivity index is 1.46. The van der Waals surface area contributed by atoms with Gasteiger partial charge in [0.15, 0.2) is 11.6 Å². The Morgan fingerprint density at radius 2 is 1.36 bits per heavy atom. The second-order valence-electron chi connectivity index (χ2n) is 17.1. The molecule has 0 saturated heterocycles. The Morgan fingerprint density at radius 1 is 0.744 bits per heavy atom. The Hall–Kier alpha value is -8.52. The average Bonchev–Trinajstić information content (AvgIpc) is 3.37. The number of hydrogen-bond donors (Lipinski definition) is 11. The molecule has 0 bridgehead atoms. The van der Waals surface area contributed by atoms with Crippen molar-refractivity contribution in [1.29, 1.82) is 0 Å². The minimum absolute atomic E-state index is 0.00718. The van der Waals surface area contributed by atoms with Crippen LogP contribution in [-0.2, 0) is 64.0 Å². The van der Waals surface area contributed by atoms with Crippen LogP contribution < -0.4 is 37.5 Å². The summed E-state index contributed by atoms with van der Waals surface area (Å²) >= 11 is 0. The molecule has 27 nitrogen and oxygen atoms in total. The molecule has 2 aromatic carbocycles. The molecule has 78 heavy (non-hydrogen) atoms. The largest absolute Gasteiger partial charge is 0.481 e. The fraction of sp³-hybridized carbons (Fsp3) is 0.429. The molecule has 0 spiro atoms. The SMILES string of the molecule is C#CCN(Cc1ccc2nc(N)[nH]c(=O)c2c1)c1ccc(C(=O)N[C@@H](CCC(=O)OCCSSCCC(=O)N[C@@H](CC(=O)O)C(=O)C[C@@H](CC(=O)O)C(=O)N[C@@H](CC(=O)O)C(=O)C[C@@H](CNC(=O)CC)C(=O)O)C(=O)O)cc1. The molecule has 0 saturated carbocycles. The van der Waals surface area contributed by atoms with Crippen molar-refractivity contribution in [3.05, 3.63) is 63.9 Å². The normalized spacial score (nSPS) is 12.7. The molecule has 0 aliphatic heterocycles. The van der Waals surface area contributed by atoms with E-state index in [9.17, 15) is 87.9 Å². The minimum atomic E-state index is -1.90. The number of fused-ring (bicyclic) bond motifs is 1. The highest BCUT2D eigenvalue weighted by molar-refractivity contribution is 8.76. The number of aromatic nitrogens is 2. The monoisotopic (exact) mass is 1130 g/mol. The highest BCUT2D eigenvalue weighted by Gasteiger charge is 2.35. The van der Waals surface area contributed by atoms with Gasteiger partial charge in [0.2, 0.25) is 23.7 Å². The molecule has 4 amide bonds. The number of carbonyl (C=O) groups is 12. The van der Waals surface area contributed by atoms with Crippen molar-refractivity contribution in [2.45, 2.75) is 89.4 Å². The number of nitrogens with two attached hydrogens (primary N) is 1. The number of anilines is 2. The number of carboxylic acids is 5. The first kappa shape index (κ1) is 63.8. The second-order valence-corrected chi connectivity index (χ2v) is 19.8. The summed E-state index contributed by atoms with van der Waals surface area (Å²) in [5.74, 6) is -14.6. The van der Waals surface area contributed by atoms with E-state index in [4.69, 9.17) is 16.9 Å². The van der Waals surface area contributed by atoms with Crippen LogP contribution >= 0.6 is 21.6 Å². The summed E-state index contributed by atoms with van der Waals surface area (Å²) in [6.45, 7) is 1.29. The topological polar surface area (TPSA) is 438 Å². The second kappa shape index (κ2) is 32.2. The summed E-state index contributed by atoms with van der Waals surface area (Å²) in [6, 6.07) is 6.12. The summed E-state index contributed by atoms with van der Waals surface area (Å²) in [5.41, 5.74) is 7.11. The summed E-state index contributed by atoms with van der Waals surface area (Å²) in [6.07, 6.45) is -0.317. The Labute approximate surface area is 452 Å². The number of Topliss-reactive ketones (excluding diaryl/α,β-unsaturated/α-hetero) is 2. The number of H-pyrrole nitrogens is 1. The predicted octanol–water partition coefficient (Wildman–Crippen LogP) is 0.578. The van der Waals surface area contributed by atoms with E-state index < -0.39 is 145 Å². The van der Waals surface area contributed by atoms with Crippen molar-refractivity contribution in [3.8, 4) is 12.3 Å². The third kappa shape index (κ3) is 22.4. The number of terminal acetylenes is 1. The van der Waals surface area contributed by atoms with Gasteiger partial charge in [-0.15, -0.1) is 6.42 Å². The number of benzene rings is 2. The van der Waals surface area contributed by atoms with Gasteiger partial charge >= 0.3 is 35.8 Å². The fourth-order valence-electron chi connectivity index (χ4n) is 7.21. The zero-order valence-electron chi connectivity index (χ0n) is 41.9.